The van der Waals surface area contributed by atoms with E-state index in [1.807, 2.05) is 36.4 Å². The molecule has 5 rings (SSSR count). The lowest BCUT2D eigenvalue weighted by molar-refractivity contribution is 0.473. The number of aromatic hydroxyl groups is 1. The van der Waals surface area contributed by atoms with Gasteiger partial charge in [0.15, 0.2) is 0 Å². The second-order valence-electron chi connectivity index (χ2n) is 9.34. The molecule has 0 unspecified atom stereocenters. The number of hydrogen-bond donors (Lipinski definition) is 1. The van der Waals surface area contributed by atoms with Gasteiger partial charge in [-0.25, -0.2) is 4.98 Å². The van der Waals surface area contributed by atoms with Gasteiger partial charge in [0, 0.05) is 22.9 Å². The summed E-state index contributed by atoms with van der Waals surface area (Å²) in [5.41, 5.74) is 6.94. The van der Waals surface area contributed by atoms with Gasteiger partial charge in [-0.3, -0.25) is 4.99 Å². The third-order valence-electron chi connectivity index (χ3n) is 5.87. The molecule has 0 aliphatic heterocycles. The zero-order valence-corrected chi connectivity index (χ0v) is 20.3. The molecule has 0 spiro atoms. The minimum absolute atomic E-state index is 0.00828. The number of phenolic OH excluding ortho intramolecular Hbond substituents is 1. The third-order valence-corrected chi connectivity index (χ3v) is 6.93. The molecule has 0 saturated heterocycles. The maximum atomic E-state index is 10.4. The summed E-state index contributed by atoms with van der Waals surface area (Å²) in [7, 11) is 0. The van der Waals surface area contributed by atoms with Crippen LogP contribution in [-0.4, -0.2) is 16.3 Å². The SMILES string of the molecule is CC(C)(C)c1ccc(O)c(C=Nc2ccccc2-c2nc3c(-c4ccccc4)cccc3s2)c1. The Balaban J connectivity index is 1.56. The van der Waals surface area contributed by atoms with E-state index in [0.717, 1.165) is 43.2 Å². The number of hydrogen-bond acceptors (Lipinski definition) is 4. The molecule has 1 heterocycles. The summed E-state index contributed by atoms with van der Waals surface area (Å²) in [6.07, 6.45) is 1.74. The van der Waals surface area contributed by atoms with Crippen LogP contribution in [0.25, 0.3) is 31.9 Å². The molecule has 1 N–H and O–H groups in total. The topological polar surface area (TPSA) is 45.5 Å². The van der Waals surface area contributed by atoms with Crippen molar-refractivity contribution in [3.63, 3.8) is 0 Å². The zero-order chi connectivity index (χ0) is 23.7. The second kappa shape index (κ2) is 8.88. The Kier molecular flexibility index (Phi) is 5.76. The first-order valence-corrected chi connectivity index (χ1v) is 12.1. The van der Waals surface area contributed by atoms with Crippen molar-refractivity contribution in [1.29, 1.82) is 0 Å². The van der Waals surface area contributed by atoms with Crippen LogP contribution in [0, 0.1) is 0 Å². The number of benzene rings is 4. The number of phenols is 1. The highest BCUT2D eigenvalue weighted by Crippen LogP contribution is 2.39. The van der Waals surface area contributed by atoms with Gasteiger partial charge in [-0.1, -0.05) is 81.4 Å². The summed E-state index contributed by atoms with van der Waals surface area (Å²) in [5, 5.41) is 11.3. The van der Waals surface area contributed by atoms with Gasteiger partial charge in [-0.15, -0.1) is 11.3 Å². The van der Waals surface area contributed by atoms with Crippen LogP contribution >= 0.6 is 11.3 Å². The highest BCUT2D eigenvalue weighted by molar-refractivity contribution is 7.21. The van der Waals surface area contributed by atoms with Crippen LogP contribution in [0.4, 0.5) is 5.69 Å². The van der Waals surface area contributed by atoms with Crippen LogP contribution in [0.3, 0.4) is 0 Å². The Morgan fingerprint density at radius 1 is 0.824 bits per heavy atom. The lowest BCUT2D eigenvalue weighted by Crippen LogP contribution is -2.11. The van der Waals surface area contributed by atoms with E-state index in [2.05, 4.69) is 69.3 Å². The molecule has 0 radical (unpaired) electrons. The Morgan fingerprint density at radius 2 is 1.56 bits per heavy atom. The summed E-state index contributed by atoms with van der Waals surface area (Å²) in [4.78, 5) is 9.80. The molecular weight excluding hydrogens is 436 g/mol. The average Bonchev–Trinajstić information content (AvgIpc) is 3.28. The van der Waals surface area contributed by atoms with Crippen LogP contribution in [-0.2, 0) is 5.41 Å². The molecule has 0 saturated carbocycles. The van der Waals surface area contributed by atoms with E-state index in [-0.39, 0.29) is 11.2 Å². The molecule has 5 aromatic rings. The van der Waals surface area contributed by atoms with E-state index < -0.39 is 0 Å². The van der Waals surface area contributed by atoms with E-state index in [1.165, 1.54) is 0 Å². The summed E-state index contributed by atoms with van der Waals surface area (Å²) in [6.45, 7) is 6.48. The molecule has 4 aromatic carbocycles. The van der Waals surface area contributed by atoms with E-state index in [0.29, 0.717) is 5.56 Å². The van der Waals surface area contributed by atoms with Gasteiger partial charge >= 0.3 is 0 Å². The Labute approximate surface area is 204 Å². The van der Waals surface area contributed by atoms with Crippen molar-refractivity contribution in [3.05, 3.63) is 102 Å². The van der Waals surface area contributed by atoms with Crippen LogP contribution in [0.1, 0.15) is 31.9 Å². The smallest absolute Gasteiger partial charge is 0.126 e. The largest absolute Gasteiger partial charge is 0.507 e. The fourth-order valence-corrected chi connectivity index (χ4v) is 4.97. The number of fused-ring (bicyclic) bond motifs is 1. The average molecular weight is 463 g/mol. The first-order valence-electron chi connectivity index (χ1n) is 11.3. The molecule has 4 heteroatoms. The molecule has 0 aliphatic rings. The molecule has 0 bridgehead atoms. The van der Waals surface area contributed by atoms with E-state index >= 15 is 0 Å². The van der Waals surface area contributed by atoms with Gasteiger partial charge in [0.25, 0.3) is 0 Å². The maximum Gasteiger partial charge on any atom is 0.126 e. The fraction of sp³-hybridized carbons (Fsp3) is 0.133. The summed E-state index contributed by atoms with van der Waals surface area (Å²) in [5.74, 6) is 0.224. The molecule has 1 aromatic heterocycles. The number of para-hydroxylation sites is 2. The first-order chi connectivity index (χ1) is 16.4. The van der Waals surface area contributed by atoms with Crippen LogP contribution in [0.5, 0.6) is 5.75 Å². The quantitative estimate of drug-likeness (QED) is 0.273. The fourth-order valence-electron chi connectivity index (χ4n) is 3.94. The number of rotatable bonds is 4. The van der Waals surface area contributed by atoms with Crippen molar-refractivity contribution in [1.82, 2.24) is 4.98 Å². The van der Waals surface area contributed by atoms with Gasteiger partial charge in [0.2, 0.25) is 0 Å². The van der Waals surface area contributed by atoms with Crippen molar-refractivity contribution in [2.45, 2.75) is 26.2 Å². The molecule has 34 heavy (non-hydrogen) atoms. The monoisotopic (exact) mass is 462 g/mol. The molecule has 0 aliphatic carbocycles. The van der Waals surface area contributed by atoms with Gasteiger partial charge in [-0.2, -0.15) is 0 Å². The maximum absolute atomic E-state index is 10.4. The molecule has 0 fully saturated rings. The molecule has 0 atom stereocenters. The van der Waals surface area contributed by atoms with Gasteiger partial charge in [-0.05, 0) is 46.9 Å². The second-order valence-corrected chi connectivity index (χ2v) is 10.4. The van der Waals surface area contributed by atoms with E-state index in [9.17, 15) is 5.11 Å². The van der Waals surface area contributed by atoms with Crippen molar-refractivity contribution in [3.8, 4) is 27.4 Å². The van der Waals surface area contributed by atoms with Crippen molar-refractivity contribution in [2.75, 3.05) is 0 Å². The molecule has 3 nitrogen and oxygen atoms in total. The van der Waals surface area contributed by atoms with Gasteiger partial charge < -0.3 is 5.11 Å². The highest BCUT2D eigenvalue weighted by Gasteiger charge is 2.16. The first kappa shape index (κ1) is 22.1. The minimum Gasteiger partial charge on any atom is -0.507 e. The summed E-state index contributed by atoms with van der Waals surface area (Å²) >= 11 is 1.67. The van der Waals surface area contributed by atoms with Gasteiger partial charge in [0.05, 0.1) is 15.9 Å². The molecule has 0 amide bonds. The molecule has 168 valence electrons. The van der Waals surface area contributed by atoms with Crippen molar-refractivity contribution < 1.29 is 5.11 Å². The minimum atomic E-state index is -0.00828. The Morgan fingerprint density at radius 3 is 2.35 bits per heavy atom. The van der Waals surface area contributed by atoms with Gasteiger partial charge in [0.1, 0.15) is 10.8 Å². The van der Waals surface area contributed by atoms with Crippen LogP contribution in [0.2, 0.25) is 0 Å². The number of aliphatic imine (C=N–C) groups is 1. The number of aromatic nitrogens is 1. The highest BCUT2D eigenvalue weighted by atomic mass is 32.1. The number of thiazole rings is 1. The predicted octanol–water partition coefficient (Wildman–Crippen LogP) is 8.38. The number of nitrogens with zero attached hydrogens (tertiary/aromatic N) is 2. The van der Waals surface area contributed by atoms with Crippen molar-refractivity contribution >= 4 is 33.5 Å². The standard InChI is InChI=1S/C30H26N2OS/c1-30(2,3)22-16-17-26(33)21(18-22)19-31-25-14-8-7-12-24(25)29-32-28-23(13-9-15-27(28)34-29)20-10-5-4-6-11-20/h4-19,33H,1-3H3. The van der Waals surface area contributed by atoms with Crippen molar-refractivity contribution in [2.24, 2.45) is 4.99 Å². The normalized spacial score (nSPS) is 12.0. The summed E-state index contributed by atoms with van der Waals surface area (Å²) in [6, 6.07) is 30.4. The summed E-state index contributed by atoms with van der Waals surface area (Å²) < 4.78 is 1.14. The lowest BCUT2D eigenvalue weighted by Gasteiger charge is -2.19. The Hall–Kier alpha value is -3.76. The van der Waals surface area contributed by atoms with E-state index in [4.69, 9.17) is 9.98 Å². The van der Waals surface area contributed by atoms with E-state index in [1.54, 1.807) is 23.6 Å². The predicted molar refractivity (Wildman–Crippen MR) is 145 cm³/mol. The zero-order valence-electron chi connectivity index (χ0n) is 19.5. The lowest BCUT2D eigenvalue weighted by atomic mass is 9.86. The molecular formula is C30H26N2OS. The van der Waals surface area contributed by atoms with Crippen LogP contribution in [0.15, 0.2) is 96.0 Å². The van der Waals surface area contributed by atoms with Crippen LogP contribution < -0.4 is 0 Å². The Bertz CT molecular complexity index is 1490. The third kappa shape index (κ3) is 4.37.